The number of aryl methyl sites for hydroxylation is 2. The lowest BCUT2D eigenvalue weighted by molar-refractivity contribution is 0.647. The third kappa shape index (κ3) is 12.5. The van der Waals surface area contributed by atoms with Gasteiger partial charge in [-0.1, -0.05) is 0 Å². The molecule has 0 aliphatic rings. The molecular formula is C21H36N8S4. The van der Waals surface area contributed by atoms with E-state index in [-0.39, 0.29) is 0 Å². The van der Waals surface area contributed by atoms with Gasteiger partial charge in [0.15, 0.2) is 10.2 Å². The van der Waals surface area contributed by atoms with Crippen LogP contribution in [0.25, 0.3) is 0 Å². The first-order valence-corrected chi connectivity index (χ1v) is 14.4. The van der Waals surface area contributed by atoms with Crippen molar-refractivity contribution < 1.29 is 0 Å². The zero-order valence-electron chi connectivity index (χ0n) is 19.5. The quantitative estimate of drug-likeness (QED) is 0.144. The summed E-state index contributed by atoms with van der Waals surface area (Å²) >= 11 is 14.4. The van der Waals surface area contributed by atoms with Crippen LogP contribution in [0.2, 0.25) is 0 Å². The molecule has 33 heavy (non-hydrogen) atoms. The SMILES string of the molecule is Cc1[nH]cnc1CSCCNC(=S)NCCCCCNC(=S)NCCSCc1nc[nH]c1C. The van der Waals surface area contributed by atoms with E-state index in [9.17, 15) is 0 Å². The molecule has 12 heteroatoms. The maximum atomic E-state index is 5.33. The minimum atomic E-state index is 0.732. The predicted octanol–water partition coefficient (Wildman–Crippen LogP) is 3.01. The molecule has 0 saturated heterocycles. The first-order chi connectivity index (χ1) is 16.1. The van der Waals surface area contributed by atoms with Crippen LogP contribution in [-0.4, -0.2) is 67.8 Å². The summed E-state index contributed by atoms with van der Waals surface area (Å²) < 4.78 is 0. The number of thiocarbonyl (C=S) groups is 2. The fourth-order valence-corrected chi connectivity index (χ4v) is 4.99. The smallest absolute Gasteiger partial charge is 0.166 e. The summed E-state index contributed by atoms with van der Waals surface area (Å²) in [6.07, 6.45) is 6.79. The lowest BCUT2D eigenvalue weighted by Gasteiger charge is -2.11. The lowest BCUT2D eigenvalue weighted by Crippen LogP contribution is -2.37. The van der Waals surface area contributed by atoms with Gasteiger partial charge >= 0.3 is 0 Å². The molecule has 2 rings (SSSR count). The lowest BCUT2D eigenvalue weighted by atomic mass is 10.2. The van der Waals surface area contributed by atoms with Gasteiger partial charge in [0.1, 0.15) is 0 Å². The number of imidazole rings is 2. The fraction of sp³-hybridized carbons (Fsp3) is 0.619. The number of rotatable bonds is 16. The summed E-state index contributed by atoms with van der Waals surface area (Å²) in [6, 6.07) is 0. The van der Waals surface area contributed by atoms with Gasteiger partial charge in [0.25, 0.3) is 0 Å². The van der Waals surface area contributed by atoms with Crippen LogP contribution in [0.5, 0.6) is 0 Å². The number of hydrogen-bond acceptors (Lipinski definition) is 6. The molecule has 0 spiro atoms. The molecule has 0 atom stereocenters. The van der Waals surface area contributed by atoms with E-state index in [0.717, 1.165) is 101 Å². The molecule has 0 aliphatic heterocycles. The molecule has 8 nitrogen and oxygen atoms in total. The Labute approximate surface area is 216 Å². The minimum absolute atomic E-state index is 0.732. The molecule has 0 amide bonds. The highest BCUT2D eigenvalue weighted by Crippen LogP contribution is 2.12. The Morgan fingerprint density at radius 3 is 1.55 bits per heavy atom. The summed E-state index contributed by atoms with van der Waals surface area (Å²) in [5.74, 6) is 3.84. The molecule has 0 bridgehead atoms. The van der Waals surface area contributed by atoms with E-state index in [0.29, 0.717) is 0 Å². The number of hydrogen-bond donors (Lipinski definition) is 6. The second-order valence-electron chi connectivity index (χ2n) is 7.48. The normalized spacial score (nSPS) is 10.7. The van der Waals surface area contributed by atoms with Crippen molar-refractivity contribution in [3.05, 3.63) is 35.4 Å². The molecule has 0 aromatic carbocycles. The number of nitrogens with zero attached hydrogens (tertiary/aromatic N) is 2. The van der Waals surface area contributed by atoms with Gasteiger partial charge in [-0.25, -0.2) is 9.97 Å². The highest BCUT2D eigenvalue weighted by atomic mass is 32.2. The van der Waals surface area contributed by atoms with Crippen molar-refractivity contribution >= 4 is 58.2 Å². The van der Waals surface area contributed by atoms with Crippen LogP contribution in [0.1, 0.15) is 42.0 Å². The number of nitrogens with one attached hydrogen (secondary N) is 6. The first-order valence-electron chi connectivity index (χ1n) is 11.2. The predicted molar refractivity (Wildman–Crippen MR) is 150 cm³/mol. The number of H-pyrrole nitrogens is 2. The molecule has 2 aromatic heterocycles. The Hall–Kier alpha value is -1.50. The molecule has 184 valence electrons. The van der Waals surface area contributed by atoms with Gasteiger partial charge in [0, 0.05) is 60.6 Å². The summed E-state index contributed by atoms with van der Waals surface area (Å²) in [4.78, 5) is 14.8. The second-order valence-corrected chi connectivity index (χ2v) is 10.5. The summed E-state index contributed by atoms with van der Waals surface area (Å²) in [5.41, 5.74) is 4.54. The van der Waals surface area contributed by atoms with Crippen LogP contribution in [0.4, 0.5) is 0 Å². The van der Waals surface area contributed by atoms with E-state index in [1.807, 2.05) is 37.4 Å². The van der Waals surface area contributed by atoms with Crippen LogP contribution in [0.15, 0.2) is 12.7 Å². The highest BCUT2D eigenvalue weighted by Gasteiger charge is 2.02. The van der Waals surface area contributed by atoms with E-state index in [2.05, 4.69) is 41.2 Å². The van der Waals surface area contributed by atoms with E-state index in [1.165, 1.54) is 0 Å². The third-order valence-corrected chi connectivity index (χ3v) is 7.35. The average molecular weight is 529 g/mol. The minimum Gasteiger partial charge on any atom is -0.363 e. The van der Waals surface area contributed by atoms with Crippen molar-refractivity contribution in [2.45, 2.75) is 44.6 Å². The third-order valence-electron chi connectivity index (χ3n) is 4.83. The van der Waals surface area contributed by atoms with Gasteiger partial charge in [0.2, 0.25) is 0 Å². The second kappa shape index (κ2) is 17.0. The van der Waals surface area contributed by atoms with Gasteiger partial charge in [0.05, 0.1) is 24.0 Å². The van der Waals surface area contributed by atoms with Crippen molar-refractivity contribution in [1.82, 2.24) is 41.2 Å². The molecule has 0 unspecified atom stereocenters. The van der Waals surface area contributed by atoms with Gasteiger partial charge < -0.3 is 31.2 Å². The van der Waals surface area contributed by atoms with Gasteiger partial charge in [-0.05, 0) is 57.5 Å². The Bertz CT molecular complexity index is 757. The van der Waals surface area contributed by atoms with Gasteiger partial charge in [-0.3, -0.25) is 0 Å². The molecule has 2 aromatic rings. The Morgan fingerprint density at radius 2 is 1.15 bits per heavy atom. The van der Waals surface area contributed by atoms with E-state index in [4.69, 9.17) is 24.4 Å². The van der Waals surface area contributed by atoms with E-state index < -0.39 is 0 Å². The monoisotopic (exact) mass is 528 g/mol. The number of aromatic amines is 2. The molecule has 0 radical (unpaired) electrons. The zero-order valence-corrected chi connectivity index (χ0v) is 22.7. The van der Waals surface area contributed by atoms with Gasteiger partial charge in [-0.2, -0.15) is 23.5 Å². The van der Waals surface area contributed by atoms with Crippen LogP contribution in [0, 0.1) is 13.8 Å². The fourth-order valence-electron chi connectivity index (χ4n) is 2.83. The van der Waals surface area contributed by atoms with Crippen molar-refractivity contribution in [2.24, 2.45) is 0 Å². The maximum absolute atomic E-state index is 5.33. The number of unbranched alkanes of at least 4 members (excludes halogenated alkanes) is 2. The number of aromatic nitrogens is 4. The maximum Gasteiger partial charge on any atom is 0.166 e. The van der Waals surface area contributed by atoms with Gasteiger partial charge in [-0.15, -0.1) is 0 Å². The highest BCUT2D eigenvalue weighted by molar-refractivity contribution is 7.98. The van der Waals surface area contributed by atoms with Crippen molar-refractivity contribution in [1.29, 1.82) is 0 Å². The summed E-state index contributed by atoms with van der Waals surface area (Å²) in [6.45, 7) is 7.59. The first kappa shape index (κ1) is 27.7. The Morgan fingerprint density at radius 1 is 0.727 bits per heavy atom. The Balaban J connectivity index is 1.32. The standard InChI is InChI=1S/C21H36N8S4/c1-16-18(28-14-26-16)12-32-10-8-24-20(30)22-6-4-3-5-7-23-21(31)25-9-11-33-13-19-17(2)27-15-29-19/h14-15H,3-13H2,1-2H3,(H,26,28)(H,27,29)(H2,22,24,30)(H2,23,25,31). The topological polar surface area (TPSA) is 105 Å². The van der Waals surface area contributed by atoms with Crippen LogP contribution < -0.4 is 21.3 Å². The van der Waals surface area contributed by atoms with Crippen LogP contribution in [0.3, 0.4) is 0 Å². The van der Waals surface area contributed by atoms with Crippen LogP contribution in [-0.2, 0) is 11.5 Å². The Kier molecular flexibility index (Phi) is 14.3. The van der Waals surface area contributed by atoms with Crippen LogP contribution >= 0.6 is 48.0 Å². The van der Waals surface area contributed by atoms with Crippen molar-refractivity contribution in [3.63, 3.8) is 0 Å². The van der Waals surface area contributed by atoms with Crippen molar-refractivity contribution in [2.75, 3.05) is 37.7 Å². The zero-order chi connectivity index (χ0) is 23.7. The molecule has 0 saturated carbocycles. The van der Waals surface area contributed by atoms with E-state index in [1.54, 1.807) is 12.7 Å². The molecule has 6 N–H and O–H groups in total. The summed E-state index contributed by atoms with van der Waals surface area (Å²) in [5, 5.41) is 14.5. The molecular weight excluding hydrogens is 493 g/mol. The number of thioether (sulfide) groups is 2. The van der Waals surface area contributed by atoms with E-state index >= 15 is 0 Å². The molecule has 0 fully saturated rings. The molecule has 0 aliphatic carbocycles. The van der Waals surface area contributed by atoms with Crippen molar-refractivity contribution in [3.8, 4) is 0 Å². The summed E-state index contributed by atoms with van der Waals surface area (Å²) in [7, 11) is 0. The molecule has 2 heterocycles. The largest absolute Gasteiger partial charge is 0.363 e. The average Bonchev–Trinajstić information content (AvgIpc) is 3.40.